The van der Waals surface area contributed by atoms with Crippen molar-refractivity contribution in [2.75, 3.05) is 20.8 Å². The van der Waals surface area contributed by atoms with Gasteiger partial charge >= 0.3 is 6.03 Å². The summed E-state index contributed by atoms with van der Waals surface area (Å²) in [7, 11) is 2.81. The maximum atomic E-state index is 12.4. The highest BCUT2D eigenvalue weighted by molar-refractivity contribution is 6.18. The van der Waals surface area contributed by atoms with E-state index in [4.69, 9.17) is 0 Å². The normalized spacial score (nSPS) is 18.9. The molecule has 5 nitrogen and oxygen atoms in total. The molecule has 0 bridgehead atoms. The van der Waals surface area contributed by atoms with Crippen molar-refractivity contribution in [2.24, 2.45) is 5.41 Å². The molecule has 4 amide bonds. The lowest BCUT2D eigenvalue weighted by molar-refractivity contribution is -0.158. The van der Waals surface area contributed by atoms with Gasteiger partial charge in [0, 0.05) is 14.1 Å². The molecule has 1 heterocycles. The molecule has 0 aromatic heterocycles. The highest BCUT2D eigenvalue weighted by Gasteiger charge is 2.53. The first-order valence-corrected chi connectivity index (χ1v) is 7.08. The second kappa shape index (κ2) is 6.81. The molecule has 1 saturated heterocycles. The number of barbiturate groups is 1. The number of carbonyl (C=O) groups excluding carboxylic acids is 3. The van der Waals surface area contributed by atoms with E-state index in [0.29, 0.717) is 25.7 Å². The van der Waals surface area contributed by atoms with Gasteiger partial charge in [-0.25, -0.2) is 4.79 Å². The van der Waals surface area contributed by atoms with Crippen molar-refractivity contribution in [1.82, 2.24) is 9.80 Å². The fourth-order valence-electron chi connectivity index (χ4n) is 2.70. The fraction of sp³-hybridized carbons (Fsp3) is 0.786. The van der Waals surface area contributed by atoms with Gasteiger partial charge in [-0.05, 0) is 19.3 Å². The highest BCUT2D eigenvalue weighted by atomic mass is 18.2. The van der Waals surface area contributed by atoms with Gasteiger partial charge < -0.3 is 0 Å². The average molecular weight is 285 g/mol. The van der Waals surface area contributed by atoms with Crippen LogP contribution >= 0.6 is 0 Å². The Morgan fingerprint density at radius 1 is 0.950 bits per heavy atom. The molecular formula is C14H23FN2O3. The molecule has 0 spiro atoms. The number of amides is 4. The number of carbonyl (C=O) groups is 3. The summed E-state index contributed by atoms with van der Waals surface area (Å²) in [5.74, 6) is -0.836. The molecule has 0 aromatic carbocycles. The molecule has 6 heteroatoms. The predicted octanol–water partition coefficient (Wildman–Crippen LogP) is 2.35. The number of alkyl halides is 1. The molecule has 0 atom stereocenters. The molecule has 1 rings (SSSR count). The highest BCUT2D eigenvalue weighted by Crippen LogP contribution is 2.36. The zero-order valence-corrected chi connectivity index (χ0v) is 12.4. The first-order chi connectivity index (χ1) is 9.42. The zero-order valence-electron chi connectivity index (χ0n) is 12.4. The topological polar surface area (TPSA) is 57.7 Å². The Morgan fingerprint density at radius 2 is 1.45 bits per heavy atom. The number of urea groups is 1. The van der Waals surface area contributed by atoms with Crippen LogP contribution in [0.5, 0.6) is 0 Å². The van der Waals surface area contributed by atoms with Crippen molar-refractivity contribution in [2.45, 2.75) is 45.4 Å². The SMILES string of the molecule is CCC1(CCCCCC[18F])C(=O)N(C)C(=O)N(C)C1=O. The Labute approximate surface area is 119 Å². The predicted molar refractivity (Wildman–Crippen MR) is 72.7 cm³/mol. The van der Waals surface area contributed by atoms with Gasteiger partial charge in [0.05, 0.1) is 6.67 Å². The number of hydrogen-bond donors (Lipinski definition) is 0. The van der Waals surface area contributed by atoms with Crippen molar-refractivity contribution >= 4 is 17.8 Å². The molecule has 0 aromatic rings. The van der Waals surface area contributed by atoms with Gasteiger partial charge in [0.25, 0.3) is 0 Å². The van der Waals surface area contributed by atoms with Crippen molar-refractivity contribution in [3.05, 3.63) is 0 Å². The average Bonchev–Trinajstić information content (AvgIpc) is 2.46. The number of unbranched alkanes of at least 4 members (excludes halogenated alkanes) is 3. The van der Waals surface area contributed by atoms with Crippen LogP contribution in [0.3, 0.4) is 0 Å². The van der Waals surface area contributed by atoms with Gasteiger partial charge in [-0.1, -0.05) is 26.2 Å². The third-order valence-corrected chi connectivity index (χ3v) is 4.09. The number of hydrogen-bond acceptors (Lipinski definition) is 3. The minimum atomic E-state index is -1.13. The lowest BCUT2D eigenvalue weighted by Crippen LogP contribution is -2.62. The van der Waals surface area contributed by atoms with Crippen LogP contribution in [-0.4, -0.2) is 48.4 Å². The lowest BCUT2D eigenvalue weighted by Gasteiger charge is -2.41. The van der Waals surface area contributed by atoms with Crippen molar-refractivity contribution in [3.8, 4) is 0 Å². The number of imide groups is 2. The van der Waals surface area contributed by atoms with Crippen LogP contribution in [0.2, 0.25) is 0 Å². The van der Waals surface area contributed by atoms with E-state index in [9.17, 15) is 18.8 Å². The summed E-state index contributed by atoms with van der Waals surface area (Å²) < 4.78 is 12.0. The minimum absolute atomic E-state index is 0.337. The Morgan fingerprint density at radius 3 is 1.90 bits per heavy atom. The van der Waals surface area contributed by atoms with Crippen molar-refractivity contribution in [3.63, 3.8) is 0 Å². The van der Waals surface area contributed by atoms with Crippen LogP contribution in [0.15, 0.2) is 0 Å². The van der Waals surface area contributed by atoms with Crippen LogP contribution < -0.4 is 0 Å². The summed E-state index contributed by atoms with van der Waals surface area (Å²) in [5, 5.41) is 0. The maximum absolute atomic E-state index is 12.4. The summed E-state index contributed by atoms with van der Waals surface area (Å²) in [6.45, 7) is 1.45. The Bertz CT molecular complexity index is 374. The summed E-state index contributed by atoms with van der Waals surface area (Å²) in [4.78, 5) is 38.5. The Kier molecular flexibility index (Phi) is 5.65. The van der Waals surface area contributed by atoms with E-state index in [1.807, 2.05) is 0 Å². The molecule has 0 saturated carbocycles. The molecule has 114 valence electrons. The monoisotopic (exact) mass is 285 g/mol. The van der Waals surface area contributed by atoms with Gasteiger partial charge in [-0.3, -0.25) is 23.8 Å². The van der Waals surface area contributed by atoms with E-state index >= 15 is 0 Å². The maximum Gasteiger partial charge on any atom is 0.332 e. The van der Waals surface area contributed by atoms with E-state index < -0.39 is 23.3 Å². The van der Waals surface area contributed by atoms with Gasteiger partial charge in [0.2, 0.25) is 11.8 Å². The summed E-state index contributed by atoms with van der Waals surface area (Å²) >= 11 is 0. The van der Waals surface area contributed by atoms with E-state index in [0.717, 1.165) is 22.6 Å². The first-order valence-electron chi connectivity index (χ1n) is 7.08. The van der Waals surface area contributed by atoms with Crippen LogP contribution in [0, 0.1) is 5.41 Å². The van der Waals surface area contributed by atoms with Gasteiger partial charge in [0.15, 0.2) is 0 Å². The van der Waals surface area contributed by atoms with Gasteiger partial charge in [0.1, 0.15) is 5.41 Å². The molecule has 0 N–H and O–H groups in total. The largest absolute Gasteiger partial charge is 0.332 e. The zero-order chi connectivity index (χ0) is 15.3. The van der Waals surface area contributed by atoms with Crippen LogP contribution in [0.25, 0.3) is 0 Å². The second-order valence-corrected chi connectivity index (χ2v) is 5.30. The molecule has 1 aliphatic rings. The smallest absolute Gasteiger partial charge is 0.273 e. The quantitative estimate of drug-likeness (QED) is 0.533. The molecule has 0 aliphatic carbocycles. The molecule has 20 heavy (non-hydrogen) atoms. The Hall–Kier alpha value is -1.46. The summed E-state index contributed by atoms with van der Waals surface area (Å²) in [6.07, 6.45) is 3.52. The first kappa shape index (κ1) is 16.6. The molecular weight excluding hydrogens is 262 g/mol. The molecule has 1 fully saturated rings. The third kappa shape index (κ3) is 2.83. The van der Waals surface area contributed by atoms with Crippen LogP contribution in [0.1, 0.15) is 45.4 Å². The standard InChI is InChI=1S/C14H23FN2O3/c1-4-14(9-7-5-6-8-10-15)11(18)16(2)13(20)17(3)12(14)19/h4-10H2,1-3H3/i15-1. The van der Waals surface area contributed by atoms with Crippen LogP contribution in [0.4, 0.5) is 9.18 Å². The number of nitrogens with zero attached hydrogens (tertiary/aromatic N) is 2. The third-order valence-electron chi connectivity index (χ3n) is 4.09. The second-order valence-electron chi connectivity index (χ2n) is 5.30. The van der Waals surface area contributed by atoms with Crippen molar-refractivity contribution in [1.29, 1.82) is 0 Å². The van der Waals surface area contributed by atoms with E-state index in [2.05, 4.69) is 0 Å². The van der Waals surface area contributed by atoms with E-state index in [-0.39, 0.29) is 6.67 Å². The lowest BCUT2D eigenvalue weighted by atomic mass is 9.76. The molecule has 1 aliphatic heterocycles. The van der Waals surface area contributed by atoms with E-state index in [1.165, 1.54) is 14.1 Å². The van der Waals surface area contributed by atoms with Crippen molar-refractivity contribution < 1.29 is 18.8 Å². The fourth-order valence-corrected chi connectivity index (χ4v) is 2.70. The summed E-state index contributed by atoms with van der Waals surface area (Å²) in [5.41, 5.74) is -1.13. The number of halogens is 1. The summed E-state index contributed by atoms with van der Waals surface area (Å²) in [6, 6.07) is -0.582. The van der Waals surface area contributed by atoms with Crippen LogP contribution in [-0.2, 0) is 9.59 Å². The van der Waals surface area contributed by atoms with Gasteiger partial charge in [-0.15, -0.1) is 0 Å². The molecule has 0 radical (unpaired) electrons. The molecule has 0 unspecified atom stereocenters. The number of rotatable bonds is 7. The van der Waals surface area contributed by atoms with Gasteiger partial charge in [-0.2, -0.15) is 0 Å². The minimum Gasteiger partial charge on any atom is -0.273 e. The Balaban J connectivity index is 2.81. The van der Waals surface area contributed by atoms with E-state index in [1.54, 1.807) is 6.92 Å².